The minimum absolute atomic E-state index is 0.523. The molecular formula is C32H24N4O. The fourth-order valence-electron chi connectivity index (χ4n) is 5.90. The number of aromatic amines is 2. The van der Waals surface area contributed by atoms with Crippen LogP contribution in [-0.2, 0) is 13.0 Å². The molecule has 3 heterocycles. The number of aryl methyl sites for hydroxylation is 2. The third kappa shape index (κ3) is 2.91. The first-order valence-corrected chi connectivity index (χ1v) is 12.8. The zero-order valence-corrected chi connectivity index (χ0v) is 20.6. The smallest absolute Gasteiger partial charge is 0.137 e. The predicted molar refractivity (Wildman–Crippen MR) is 150 cm³/mol. The Labute approximate surface area is 213 Å². The SMILES string of the molecule is CCc1nc2c([nH]1)COc1c-2ccc2cc(-c3ccc4c(c3)c3ccccc3c3nc(C)[nH]c43)ccc12. The number of ether oxygens (including phenoxy) is 1. The lowest BCUT2D eigenvalue weighted by atomic mass is 9.94. The second-order valence-corrected chi connectivity index (χ2v) is 9.88. The van der Waals surface area contributed by atoms with Gasteiger partial charge in [-0.2, -0.15) is 0 Å². The molecule has 178 valence electrons. The van der Waals surface area contributed by atoms with E-state index in [1.165, 1.54) is 32.7 Å². The van der Waals surface area contributed by atoms with Crippen molar-refractivity contribution in [3.05, 3.63) is 90.1 Å². The topological polar surface area (TPSA) is 66.6 Å². The standard InChI is InChI=1S/C32H24N4O/c1-3-28-35-27-16-37-32-21-11-8-18(14-20(21)10-13-25(32)29(27)36-28)19-9-12-24-26(15-19)22-6-4-5-7-23(22)30-31(24)34-17(2)33-30/h4-15H,3,16H2,1-2H3,(H,33,34)(H,35,36). The molecule has 1 aliphatic rings. The van der Waals surface area contributed by atoms with Crippen molar-refractivity contribution in [2.75, 3.05) is 0 Å². The number of imidazole rings is 2. The molecular weight excluding hydrogens is 456 g/mol. The van der Waals surface area contributed by atoms with Crippen LogP contribution in [0.15, 0.2) is 72.8 Å². The van der Waals surface area contributed by atoms with Gasteiger partial charge in [-0.3, -0.25) is 0 Å². The van der Waals surface area contributed by atoms with Gasteiger partial charge < -0.3 is 14.7 Å². The van der Waals surface area contributed by atoms with Gasteiger partial charge in [-0.1, -0.05) is 61.5 Å². The molecule has 0 bridgehead atoms. The monoisotopic (exact) mass is 480 g/mol. The highest BCUT2D eigenvalue weighted by Gasteiger charge is 2.23. The van der Waals surface area contributed by atoms with E-state index in [2.05, 4.69) is 89.7 Å². The first-order valence-electron chi connectivity index (χ1n) is 12.8. The molecule has 0 atom stereocenters. The van der Waals surface area contributed by atoms with Gasteiger partial charge in [0, 0.05) is 28.1 Å². The highest BCUT2D eigenvalue weighted by atomic mass is 16.5. The number of aromatic nitrogens is 4. The van der Waals surface area contributed by atoms with Crippen LogP contribution >= 0.6 is 0 Å². The Bertz CT molecular complexity index is 2050. The molecule has 7 aromatic rings. The van der Waals surface area contributed by atoms with Crippen molar-refractivity contribution in [2.24, 2.45) is 0 Å². The van der Waals surface area contributed by atoms with E-state index < -0.39 is 0 Å². The third-order valence-corrected chi connectivity index (χ3v) is 7.67. The maximum atomic E-state index is 6.23. The Morgan fingerprint density at radius 1 is 0.784 bits per heavy atom. The molecule has 0 aliphatic carbocycles. The summed E-state index contributed by atoms with van der Waals surface area (Å²) < 4.78 is 6.23. The number of nitrogens with one attached hydrogen (secondary N) is 2. The van der Waals surface area contributed by atoms with E-state index in [0.717, 1.165) is 62.6 Å². The van der Waals surface area contributed by atoms with E-state index in [1.54, 1.807) is 0 Å². The summed E-state index contributed by atoms with van der Waals surface area (Å²) >= 11 is 0. The maximum Gasteiger partial charge on any atom is 0.137 e. The summed E-state index contributed by atoms with van der Waals surface area (Å²) in [5.41, 5.74) is 7.66. The lowest BCUT2D eigenvalue weighted by Gasteiger charge is -2.19. The second kappa shape index (κ2) is 7.43. The van der Waals surface area contributed by atoms with E-state index in [4.69, 9.17) is 14.7 Å². The molecule has 37 heavy (non-hydrogen) atoms. The quantitative estimate of drug-likeness (QED) is 0.248. The molecule has 5 nitrogen and oxygen atoms in total. The van der Waals surface area contributed by atoms with Gasteiger partial charge in [0.25, 0.3) is 0 Å². The molecule has 0 unspecified atom stereocenters. The minimum Gasteiger partial charge on any atom is -0.486 e. The Kier molecular flexibility index (Phi) is 4.13. The molecule has 0 saturated carbocycles. The molecule has 2 aromatic heterocycles. The highest BCUT2D eigenvalue weighted by molar-refractivity contribution is 6.23. The summed E-state index contributed by atoms with van der Waals surface area (Å²) in [6.45, 7) is 4.65. The van der Waals surface area contributed by atoms with Gasteiger partial charge >= 0.3 is 0 Å². The number of hydrogen-bond acceptors (Lipinski definition) is 3. The molecule has 0 fully saturated rings. The van der Waals surface area contributed by atoms with Crippen molar-refractivity contribution in [2.45, 2.75) is 26.9 Å². The van der Waals surface area contributed by atoms with Gasteiger partial charge in [0.2, 0.25) is 0 Å². The molecule has 5 heteroatoms. The molecule has 0 spiro atoms. The average Bonchev–Trinajstić information content (AvgIpc) is 3.56. The largest absolute Gasteiger partial charge is 0.486 e. The van der Waals surface area contributed by atoms with Crippen LogP contribution in [0.5, 0.6) is 5.75 Å². The van der Waals surface area contributed by atoms with E-state index in [1.807, 2.05) is 6.92 Å². The summed E-state index contributed by atoms with van der Waals surface area (Å²) in [6.07, 6.45) is 0.881. The van der Waals surface area contributed by atoms with Gasteiger partial charge in [-0.05, 0) is 52.4 Å². The van der Waals surface area contributed by atoms with Crippen LogP contribution < -0.4 is 4.74 Å². The molecule has 2 N–H and O–H groups in total. The molecule has 1 aliphatic heterocycles. The molecule has 0 radical (unpaired) electrons. The zero-order chi connectivity index (χ0) is 24.7. The first-order chi connectivity index (χ1) is 18.2. The van der Waals surface area contributed by atoms with Crippen LogP contribution in [0.1, 0.15) is 24.3 Å². The van der Waals surface area contributed by atoms with E-state index in [-0.39, 0.29) is 0 Å². The van der Waals surface area contributed by atoms with Crippen molar-refractivity contribution >= 4 is 43.4 Å². The summed E-state index contributed by atoms with van der Waals surface area (Å²) in [5, 5.41) is 7.11. The first kappa shape index (κ1) is 20.5. The van der Waals surface area contributed by atoms with Gasteiger partial charge in [0.1, 0.15) is 24.0 Å². The van der Waals surface area contributed by atoms with Crippen molar-refractivity contribution < 1.29 is 4.74 Å². The molecule has 5 aromatic carbocycles. The molecule has 8 rings (SSSR count). The van der Waals surface area contributed by atoms with Crippen molar-refractivity contribution in [1.29, 1.82) is 0 Å². The highest BCUT2D eigenvalue weighted by Crippen LogP contribution is 2.43. The van der Waals surface area contributed by atoms with Gasteiger partial charge in [-0.15, -0.1) is 0 Å². The van der Waals surface area contributed by atoms with E-state index in [9.17, 15) is 0 Å². The minimum atomic E-state index is 0.523. The Balaban J connectivity index is 1.30. The van der Waals surface area contributed by atoms with Gasteiger partial charge in [0.05, 0.1) is 22.4 Å². The number of hydrogen-bond donors (Lipinski definition) is 2. The zero-order valence-electron chi connectivity index (χ0n) is 20.6. The number of benzene rings is 5. The van der Waals surface area contributed by atoms with Crippen LogP contribution in [0.2, 0.25) is 0 Å². The lowest BCUT2D eigenvalue weighted by molar-refractivity contribution is 0.301. The summed E-state index contributed by atoms with van der Waals surface area (Å²) in [5.74, 6) is 2.86. The fraction of sp³-hybridized carbons (Fsp3) is 0.125. The van der Waals surface area contributed by atoms with Gasteiger partial charge in [0.15, 0.2) is 0 Å². The number of fused-ring (bicyclic) bond motifs is 11. The number of H-pyrrole nitrogens is 2. The van der Waals surface area contributed by atoms with E-state index in [0.29, 0.717) is 6.61 Å². The van der Waals surface area contributed by atoms with E-state index >= 15 is 0 Å². The third-order valence-electron chi connectivity index (χ3n) is 7.67. The number of nitrogens with zero attached hydrogens (tertiary/aromatic N) is 2. The molecule has 0 saturated heterocycles. The Hall–Kier alpha value is -4.64. The van der Waals surface area contributed by atoms with Crippen molar-refractivity contribution in [3.63, 3.8) is 0 Å². The molecule has 0 amide bonds. The Morgan fingerprint density at radius 3 is 2.46 bits per heavy atom. The second-order valence-electron chi connectivity index (χ2n) is 9.88. The van der Waals surface area contributed by atoms with Crippen LogP contribution in [0.25, 0.3) is 65.7 Å². The van der Waals surface area contributed by atoms with Crippen molar-refractivity contribution in [1.82, 2.24) is 19.9 Å². The fourth-order valence-corrected chi connectivity index (χ4v) is 5.90. The van der Waals surface area contributed by atoms with Crippen LogP contribution in [0.4, 0.5) is 0 Å². The van der Waals surface area contributed by atoms with Crippen LogP contribution in [0, 0.1) is 6.92 Å². The summed E-state index contributed by atoms with van der Waals surface area (Å²) in [7, 11) is 0. The average molecular weight is 481 g/mol. The maximum absolute atomic E-state index is 6.23. The van der Waals surface area contributed by atoms with Crippen LogP contribution in [-0.4, -0.2) is 19.9 Å². The predicted octanol–water partition coefficient (Wildman–Crippen LogP) is 7.84. The number of rotatable bonds is 2. The van der Waals surface area contributed by atoms with Crippen LogP contribution in [0.3, 0.4) is 0 Å². The van der Waals surface area contributed by atoms with Gasteiger partial charge in [-0.25, -0.2) is 9.97 Å². The van der Waals surface area contributed by atoms with Crippen molar-refractivity contribution in [3.8, 4) is 28.1 Å². The summed E-state index contributed by atoms with van der Waals surface area (Å²) in [6, 6.07) is 26.3. The Morgan fingerprint density at radius 2 is 1.59 bits per heavy atom. The lowest BCUT2D eigenvalue weighted by Crippen LogP contribution is -2.05. The normalized spacial score (nSPS) is 12.8. The summed E-state index contributed by atoms with van der Waals surface area (Å²) in [4.78, 5) is 16.5.